The first-order chi connectivity index (χ1) is 6.72. The SMILES string of the molecule is CCCNC(=S)Nc1cnc(C)nc1. The van der Waals surface area contributed by atoms with E-state index >= 15 is 0 Å². The quantitative estimate of drug-likeness (QED) is 0.740. The smallest absolute Gasteiger partial charge is 0.170 e. The predicted octanol–water partition coefficient (Wildman–Crippen LogP) is 1.48. The van der Waals surface area contributed by atoms with Crippen LogP contribution in [0, 0.1) is 6.92 Å². The molecule has 5 heteroatoms. The molecule has 4 nitrogen and oxygen atoms in total. The van der Waals surface area contributed by atoms with Crippen molar-refractivity contribution in [3.05, 3.63) is 18.2 Å². The van der Waals surface area contributed by atoms with Crippen molar-refractivity contribution in [2.24, 2.45) is 0 Å². The van der Waals surface area contributed by atoms with Crippen LogP contribution >= 0.6 is 12.2 Å². The summed E-state index contributed by atoms with van der Waals surface area (Å²) < 4.78 is 0. The third-order valence-electron chi connectivity index (χ3n) is 1.57. The third-order valence-corrected chi connectivity index (χ3v) is 1.82. The minimum Gasteiger partial charge on any atom is -0.362 e. The van der Waals surface area contributed by atoms with E-state index in [9.17, 15) is 0 Å². The van der Waals surface area contributed by atoms with Crippen molar-refractivity contribution in [1.29, 1.82) is 0 Å². The first-order valence-electron chi connectivity index (χ1n) is 4.56. The van der Waals surface area contributed by atoms with Gasteiger partial charge in [-0.3, -0.25) is 0 Å². The van der Waals surface area contributed by atoms with E-state index in [0.29, 0.717) is 5.11 Å². The van der Waals surface area contributed by atoms with Crippen LogP contribution in [-0.4, -0.2) is 21.6 Å². The van der Waals surface area contributed by atoms with Gasteiger partial charge in [0.2, 0.25) is 0 Å². The van der Waals surface area contributed by atoms with Gasteiger partial charge >= 0.3 is 0 Å². The van der Waals surface area contributed by atoms with Crippen molar-refractivity contribution >= 4 is 23.0 Å². The van der Waals surface area contributed by atoms with Crippen LogP contribution in [0.4, 0.5) is 5.69 Å². The maximum Gasteiger partial charge on any atom is 0.170 e. The fraction of sp³-hybridized carbons (Fsp3) is 0.444. The van der Waals surface area contributed by atoms with Gasteiger partial charge in [-0.1, -0.05) is 6.92 Å². The monoisotopic (exact) mass is 210 g/mol. The van der Waals surface area contributed by atoms with Gasteiger partial charge in [0, 0.05) is 6.54 Å². The summed E-state index contributed by atoms with van der Waals surface area (Å²) in [5.41, 5.74) is 0.809. The fourth-order valence-corrected chi connectivity index (χ4v) is 1.09. The van der Waals surface area contributed by atoms with Gasteiger partial charge in [-0.2, -0.15) is 0 Å². The molecule has 0 radical (unpaired) electrons. The zero-order valence-electron chi connectivity index (χ0n) is 8.37. The molecule has 1 rings (SSSR count). The van der Waals surface area contributed by atoms with Gasteiger partial charge in [-0.15, -0.1) is 0 Å². The van der Waals surface area contributed by atoms with Crippen LogP contribution in [0.1, 0.15) is 19.2 Å². The molecule has 0 aliphatic carbocycles. The van der Waals surface area contributed by atoms with Crippen LogP contribution in [-0.2, 0) is 0 Å². The molecule has 1 aromatic heterocycles. The zero-order chi connectivity index (χ0) is 10.4. The van der Waals surface area contributed by atoms with Gasteiger partial charge in [-0.25, -0.2) is 9.97 Å². The van der Waals surface area contributed by atoms with Gasteiger partial charge in [0.1, 0.15) is 5.82 Å². The second-order valence-electron chi connectivity index (χ2n) is 2.90. The minimum atomic E-state index is 0.610. The van der Waals surface area contributed by atoms with Crippen LogP contribution in [0.15, 0.2) is 12.4 Å². The molecule has 0 fully saturated rings. The van der Waals surface area contributed by atoms with Crippen LogP contribution in [0.2, 0.25) is 0 Å². The van der Waals surface area contributed by atoms with Gasteiger partial charge in [-0.05, 0) is 25.6 Å². The Morgan fingerprint density at radius 3 is 2.64 bits per heavy atom. The number of hydrogen-bond donors (Lipinski definition) is 2. The molecule has 0 saturated carbocycles. The summed E-state index contributed by atoms with van der Waals surface area (Å²) in [7, 11) is 0. The lowest BCUT2D eigenvalue weighted by Gasteiger charge is -2.08. The van der Waals surface area contributed by atoms with E-state index in [1.807, 2.05) is 6.92 Å². The molecule has 0 aromatic carbocycles. The van der Waals surface area contributed by atoms with Crippen LogP contribution in [0.25, 0.3) is 0 Å². The first-order valence-corrected chi connectivity index (χ1v) is 4.96. The molecule has 1 aromatic rings. The largest absolute Gasteiger partial charge is 0.362 e. The Labute approximate surface area is 89.2 Å². The van der Waals surface area contributed by atoms with E-state index in [4.69, 9.17) is 12.2 Å². The number of nitrogens with one attached hydrogen (secondary N) is 2. The minimum absolute atomic E-state index is 0.610. The summed E-state index contributed by atoms with van der Waals surface area (Å²) in [6.07, 6.45) is 4.47. The Kier molecular flexibility index (Phi) is 4.25. The molecule has 0 spiro atoms. The summed E-state index contributed by atoms with van der Waals surface area (Å²) in [4.78, 5) is 8.10. The maximum atomic E-state index is 5.06. The summed E-state index contributed by atoms with van der Waals surface area (Å²) >= 11 is 5.06. The normalized spacial score (nSPS) is 9.57. The average Bonchev–Trinajstić information content (AvgIpc) is 2.18. The molecule has 2 N–H and O–H groups in total. The second kappa shape index (κ2) is 5.49. The summed E-state index contributed by atoms with van der Waals surface area (Å²) in [5.74, 6) is 0.753. The molecule has 0 atom stereocenters. The fourth-order valence-electron chi connectivity index (χ4n) is 0.871. The molecular formula is C9H14N4S. The molecule has 0 saturated heterocycles. The highest BCUT2D eigenvalue weighted by molar-refractivity contribution is 7.80. The molecule has 0 bridgehead atoms. The molecule has 0 unspecified atom stereocenters. The van der Waals surface area contributed by atoms with E-state index in [2.05, 4.69) is 27.5 Å². The summed E-state index contributed by atoms with van der Waals surface area (Å²) in [6.45, 7) is 4.81. The van der Waals surface area contributed by atoms with Crippen molar-refractivity contribution in [3.63, 3.8) is 0 Å². The molecule has 0 aliphatic rings. The van der Waals surface area contributed by atoms with Crippen LogP contribution in [0.5, 0.6) is 0 Å². The number of rotatable bonds is 3. The standard InChI is InChI=1S/C9H14N4S/c1-3-4-10-9(14)13-8-5-11-7(2)12-6-8/h5-6H,3-4H2,1-2H3,(H2,10,13,14). The summed E-state index contributed by atoms with van der Waals surface area (Å²) in [5, 5.41) is 6.67. The Hall–Kier alpha value is -1.23. The Morgan fingerprint density at radius 2 is 2.07 bits per heavy atom. The predicted molar refractivity (Wildman–Crippen MR) is 61.3 cm³/mol. The molecule has 0 amide bonds. The molecule has 1 heterocycles. The number of aromatic nitrogens is 2. The van der Waals surface area contributed by atoms with E-state index < -0.39 is 0 Å². The lowest BCUT2D eigenvalue weighted by molar-refractivity contribution is 0.846. The van der Waals surface area contributed by atoms with Gasteiger partial charge < -0.3 is 10.6 Å². The Balaban J connectivity index is 2.44. The second-order valence-corrected chi connectivity index (χ2v) is 3.31. The van der Waals surface area contributed by atoms with Crippen molar-refractivity contribution in [3.8, 4) is 0 Å². The number of aryl methyl sites for hydroxylation is 1. The number of nitrogens with zero attached hydrogens (tertiary/aromatic N) is 2. The van der Waals surface area contributed by atoms with E-state index in [1.54, 1.807) is 12.4 Å². The molecular weight excluding hydrogens is 196 g/mol. The van der Waals surface area contributed by atoms with Gasteiger partial charge in [0.05, 0.1) is 18.1 Å². The van der Waals surface area contributed by atoms with Gasteiger partial charge in [0.25, 0.3) is 0 Å². The van der Waals surface area contributed by atoms with E-state index in [0.717, 1.165) is 24.5 Å². The third kappa shape index (κ3) is 3.66. The average molecular weight is 210 g/mol. The first kappa shape index (κ1) is 10.8. The van der Waals surface area contributed by atoms with Crippen molar-refractivity contribution in [1.82, 2.24) is 15.3 Å². The van der Waals surface area contributed by atoms with E-state index in [1.165, 1.54) is 0 Å². The van der Waals surface area contributed by atoms with Crippen molar-refractivity contribution in [2.45, 2.75) is 20.3 Å². The summed E-state index contributed by atoms with van der Waals surface area (Å²) in [6, 6.07) is 0. The van der Waals surface area contributed by atoms with Crippen LogP contribution < -0.4 is 10.6 Å². The Morgan fingerprint density at radius 1 is 1.43 bits per heavy atom. The zero-order valence-corrected chi connectivity index (χ0v) is 9.19. The number of hydrogen-bond acceptors (Lipinski definition) is 3. The molecule has 0 aliphatic heterocycles. The van der Waals surface area contributed by atoms with Crippen molar-refractivity contribution in [2.75, 3.05) is 11.9 Å². The lowest BCUT2D eigenvalue weighted by atomic mass is 10.5. The number of anilines is 1. The molecule has 14 heavy (non-hydrogen) atoms. The van der Waals surface area contributed by atoms with Gasteiger partial charge in [0.15, 0.2) is 5.11 Å². The highest BCUT2D eigenvalue weighted by Crippen LogP contribution is 2.01. The number of thiocarbonyl (C=S) groups is 1. The lowest BCUT2D eigenvalue weighted by Crippen LogP contribution is -2.29. The van der Waals surface area contributed by atoms with E-state index in [-0.39, 0.29) is 0 Å². The highest BCUT2D eigenvalue weighted by atomic mass is 32.1. The maximum absolute atomic E-state index is 5.06. The topological polar surface area (TPSA) is 49.8 Å². The highest BCUT2D eigenvalue weighted by Gasteiger charge is 1.96. The van der Waals surface area contributed by atoms with Crippen molar-refractivity contribution < 1.29 is 0 Å². The molecule has 76 valence electrons. The Bertz CT molecular complexity index is 296. The van der Waals surface area contributed by atoms with Crippen LogP contribution in [0.3, 0.4) is 0 Å².